The second-order valence-corrected chi connectivity index (χ2v) is 5.26. The third-order valence-corrected chi connectivity index (χ3v) is 3.57. The zero-order valence-electron chi connectivity index (χ0n) is 12.8. The highest BCUT2D eigenvalue weighted by Crippen LogP contribution is 2.38. The molecule has 0 spiro atoms. The number of benzene rings is 3. The van der Waals surface area contributed by atoms with E-state index in [4.69, 9.17) is 4.74 Å². The summed E-state index contributed by atoms with van der Waals surface area (Å²) in [7, 11) is 0. The molecule has 0 fully saturated rings. The number of rotatable bonds is 4. The molecule has 0 aliphatic carbocycles. The van der Waals surface area contributed by atoms with Crippen molar-refractivity contribution in [1.29, 1.82) is 0 Å². The predicted molar refractivity (Wildman–Crippen MR) is 88.9 cm³/mol. The Balaban J connectivity index is 1.84. The average Bonchev–Trinajstić information content (AvgIpc) is 2.62. The van der Waals surface area contributed by atoms with Gasteiger partial charge in [-0.2, -0.15) is 13.2 Å². The van der Waals surface area contributed by atoms with Gasteiger partial charge < -0.3 is 4.74 Å². The molecule has 0 aromatic heterocycles. The molecule has 0 aliphatic heterocycles. The van der Waals surface area contributed by atoms with E-state index in [1.807, 2.05) is 42.5 Å². The molecular formula is C19H12F3NO2. The highest BCUT2D eigenvalue weighted by atomic mass is 19.4. The van der Waals surface area contributed by atoms with Crippen molar-refractivity contribution in [3.05, 3.63) is 83.3 Å². The van der Waals surface area contributed by atoms with E-state index >= 15 is 0 Å². The van der Waals surface area contributed by atoms with Crippen molar-refractivity contribution in [1.82, 2.24) is 0 Å². The highest BCUT2D eigenvalue weighted by molar-refractivity contribution is 5.64. The van der Waals surface area contributed by atoms with Gasteiger partial charge in [0.25, 0.3) is 0 Å². The van der Waals surface area contributed by atoms with Crippen molar-refractivity contribution in [2.24, 2.45) is 5.18 Å². The van der Waals surface area contributed by atoms with Crippen LogP contribution in [0.15, 0.2) is 78.0 Å². The van der Waals surface area contributed by atoms with Crippen molar-refractivity contribution < 1.29 is 17.9 Å². The van der Waals surface area contributed by atoms with E-state index in [9.17, 15) is 18.1 Å². The first-order chi connectivity index (χ1) is 12.0. The SMILES string of the molecule is O=Nc1cc(C(F)(F)F)ccc1Oc1ccc(-c2ccccc2)cc1. The Kier molecular flexibility index (Phi) is 4.52. The minimum Gasteiger partial charge on any atom is -0.455 e. The molecule has 6 heteroatoms. The van der Waals surface area contributed by atoms with E-state index < -0.39 is 17.4 Å². The van der Waals surface area contributed by atoms with Gasteiger partial charge in [-0.1, -0.05) is 42.5 Å². The molecule has 0 bridgehead atoms. The lowest BCUT2D eigenvalue weighted by molar-refractivity contribution is -0.137. The number of ether oxygens (including phenoxy) is 1. The molecule has 0 saturated carbocycles. The lowest BCUT2D eigenvalue weighted by Crippen LogP contribution is -2.04. The summed E-state index contributed by atoms with van der Waals surface area (Å²) in [6.45, 7) is 0. The second kappa shape index (κ2) is 6.76. The van der Waals surface area contributed by atoms with Gasteiger partial charge in [0.05, 0.1) is 5.56 Å². The Hall–Kier alpha value is -3.15. The highest BCUT2D eigenvalue weighted by Gasteiger charge is 2.31. The Morgan fingerprint density at radius 1 is 0.800 bits per heavy atom. The third-order valence-electron chi connectivity index (χ3n) is 3.57. The molecule has 3 aromatic rings. The van der Waals surface area contributed by atoms with Crippen LogP contribution in [0, 0.1) is 4.91 Å². The van der Waals surface area contributed by atoms with Gasteiger partial charge in [0, 0.05) is 0 Å². The number of alkyl halides is 3. The smallest absolute Gasteiger partial charge is 0.416 e. The first-order valence-electron chi connectivity index (χ1n) is 7.35. The molecule has 0 saturated heterocycles. The van der Waals surface area contributed by atoms with Crippen LogP contribution in [0.25, 0.3) is 11.1 Å². The zero-order valence-corrected chi connectivity index (χ0v) is 12.8. The van der Waals surface area contributed by atoms with Crippen LogP contribution in [-0.2, 0) is 6.18 Å². The van der Waals surface area contributed by atoms with Gasteiger partial charge in [-0.15, -0.1) is 4.91 Å². The molecule has 0 aliphatic rings. The lowest BCUT2D eigenvalue weighted by Gasteiger charge is -2.11. The van der Waals surface area contributed by atoms with E-state index in [0.717, 1.165) is 23.3 Å². The summed E-state index contributed by atoms with van der Waals surface area (Å²) < 4.78 is 43.5. The Morgan fingerprint density at radius 3 is 2.04 bits per heavy atom. The molecule has 0 N–H and O–H groups in total. The molecule has 126 valence electrons. The van der Waals surface area contributed by atoms with E-state index in [1.165, 1.54) is 0 Å². The third kappa shape index (κ3) is 3.85. The molecule has 3 nitrogen and oxygen atoms in total. The van der Waals surface area contributed by atoms with Crippen LogP contribution in [0.3, 0.4) is 0 Å². The summed E-state index contributed by atoms with van der Waals surface area (Å²) in [6.07, 6.45) is -4.55. The maximum absolute atomic E-state index is 12.7. The fourth-order valence-corrected chi connectivity index (χ4v) is 2.32. The first kappa shape index (κ1) is 16.7. The fraction of sp³-hybridized carbons (Fsp3) is 0.0526. The molecular weight excluding hydrogens is 331 g/mol. The van der Waals surface area contributed by atoms with Gasteiger partial charge in [-0.05, 0) is 46.6 Å². The minimum atomic E-state index is -4.55. The summed E-state index contributed by atoms with van der Waals surface area (Å²) >= 11 is 0. The van der Waals surface area contributed by atoms with E-state index in [1.54, 1.807) is 12.1 Å². The first-order valence-corrected chi connectivity index (χ1v) is 7.35. The van der Waals surface area contributed by atoms with Gasteiger partial charge in [0.1, 0.15) is 5.75 Å². The van der Waals surface area contributed by atoms with Crippen molar-refractivity contribution in [2.75, 3.05) is 0 Å². The van der Waals surface area contributed by atoms with Crippen LogP contribution in [0.1, 0.15) is 5.56 Å². The largest absolute Gasteiger partial charge is 0.455 e. The summed E-state index contributed by atoms with van der Waals surface area (Å²) in [4.78, 5) is 10.8. The van der Waals surface area contributed by atoms with Crippen LogP contribution >= 0.6 is 0 Å². The molecule has 0 amide bonds. The maximum Gasteiger partial charge on any atom is 0.416 e. The fourth-order valence-electron chi connectivity index (χ4n) is 2.32. The summed E-state index contributed by atoms with van der Waals surface area (Å²) in [5, 5.41) is 2.63. The van der Waals surface area contributed by atoms with Crippen LogP contribution in [0.5, 0.6) is 11.5 Å². The molecule has 0 atom stereocenters. The minimum absolute atomic E-state index is 0.0320. The standard InChI is InChI=1S/C19H12F3NO2/c20-19(21,22)15-8-11-18(17(12-15)23-24)25-16-9-6-14(7-10-16)13-4-2-1-3-5-13/h1-12H. The normalized spacial score (nSPS) is 11.2. The molecule has 0 unspecified atom stereocenters. The number of hydrogen-bond donors (Lipinski definition) is 0. The maximum atomic E-state index is 12.7. The Morgan fingerprint density at radius 2 is 1.44 bits per heavy atom. The number of halogens is 3. The zero-order chi connectivity index (χ0) is 17.9. The van der Waals surface area contributed by atoms with Crippen molar-refractivity contribution in [2.45, 2.75) is 6.18 Å². The average molecular weight is 343 g/mol. The quantitative estimate of drug-likeness (QED) is 0.503. The van der Waals surface area contributed by atoms with Crippen molar-refractivity contribution in [3.8, 4) is 22.6 Å². The molecule has 0 heterocycles. The van der Waals surface area contributed by atoms with Crippen LogP contribution in [-0.4, -0.2) is 0 Å². The Bertz CT molecular complexity index is 875. The van der Waals surface area contributed by atoms with E-state index in [0.29, 0.717) is 11.8 Å². The van der Waals surface area contributed by atoms with Gasteiger partial charge in [0.2, 0.25) is 0 Å². The molecule has 0 radical (unpaired) electrons. The van der Waals surface area contributed by atoms with Gasteiger partial charge in [-0.3, -0.25) is 0 Å². The summed E-state index contributed by atoms with van der Waals surface area (Å²) in [5.41, 5.74) is 0.642. The second-order valence-electron chi connectivity index (χ2n) is 5.26. The molecule has 3 aromatic carbocycles. The predicted octanol–water partition coefficient (Wildman–Crippen LogP) is 6.56. The number of nitroso groups, excluding NO2 is 1. The monoisotopic (exact) mass is 343 g/mol. The van der Waals surface area contributed by atoms with Crippen LogP contribution in [0.2, 0.25) is 0 Å². The topological polar surface area (TPSA) is 38.7 Å². The van der Waals surface area contributed by atoms with Crippen molar-refractivity contribution in [3.63, 3.8) is 0 Å². The number of hydrogen-bond acceptors (Lipinski definition) is 3. The van der Waals surface area contributed by atoms with Gasteiger partial charge in [-0.25, -0.2) is 0 Å². The molecule has 25 heavy (non-hydrogen) atoms. The number of nitrogens with zero attached hydrogens (tertiary/aromatic N) is 1. The summed E-state index contributed by atoms with van der Waals surface area (Å²) in [5.74, 6) is 0.361. The van der Waals surface area contributed by atoms with E-state index in [2.05, 4.69) is 5.18 Å². The van der Waals surface area contributed by atoms with Gasteiger partial charge >= 0.3 is 6.18 Å². The van der Waals surface area contributed by atoms with Crippen LogP contribution in [0.4, 0.5) is 18.9 Å². The van der Waals surface area contributed by atoms with Gasteiger partial charge in [0.15, 0.2) is 11.4 Å². The van der Waals surface area contributed by atoms with Crippen molar-refractivity contribution >= 4 is 5.69 Å². The Labute approximate surface area is 141 Å². The van der Waals surface area contributed by atoms with Crippen LogP contribution < -0.4 is 4.74 Å². The summed E-state index contributed by atoms with van der Waals surface area (Å²) in [6, 6.07) is 19.3. The lowest BCUT2D eigenvalue weighted by atomic mass is 10.1. The van der Waals surface area contributed by atoms with E-state index in [-0.39, 0.29) is 5.75 Å². The molecule has 3 rings (SSSR count).